The third kappa shape index (κ3) is 37.7. The Morgan fingerprint density at radius 3 is 1.83 bits per heavy atom. The van der Waals surface area contributed by atoms with Crippen LogP contribution in [-0.2, 0) is 32.7 Å². The smallest absolute Gasteiger partial charge is 0.462 e. The molecule has 0 saturated carbocycles. The Hall–Kier alpha value is -2.59. The lowest BCUT2D eigenvalue weighted by Gasteiger charge is -2.19. The SMILES string of the molecule is CC/C=C\C/C=C\C/C=C\C/C=C\C=C/C(O)C/C=C\CCC(=O)OC[C@H](COP(=O)(O)OCCN)OC(=O)CCCCCCCCCCCCCCC. The second kappa shape index (κ2) is 38.7. The summed E-state index contributed by atoms with van der Waals surface area (Å²) in [7, 11) is -4.42. The van der Waals surface area contributed by atoms with Gasteiger partial charge >= 0.3 is 19.8 Å². The predicted octanol–water partition coefficient (Wildman–Crippen LogP) is 10.5. The number of esters is 2. The lowest BCUT2D eigenvalue weighted by atomic mass is 10.0. The summed E-state index contributed by atoms with van der Waals surface area (Å²) in [5.41, 5.74) is 5.33. The molecule has 0 rings (SSSR count). The van der Waals surface area contributed by atoms with Crippen LogP contribution in [0.1, 0.15) is 149 Å². The monoisotopic (exact) mass is 780 g/mol. The molecule has 0 spiro atoms. The van der Waals surface area contributed by atoms with Crippen LogP contribution in [0.4, 0.5) is 0 Å². The van der Waals surface area contributed by atoms with Crippen molar-refractivity contribution in [2.24, 2.45) is 5.73 Å². The zero-order valence-corrected chi connectivity index (χ0v) is 34.4. The first-order valence-corrected chi connectivity index (χ1v) is 22.0. The Morgan fingerprint density at radius 1 is 0.667 bits per heavy atom. The van der Waals surface area contributed by atoms with Crippen molar-refractivity contribution in [2.45, 2.75) is 161 Å². The third-order valence-corrected chi connectivity index (χ3v) is 9.18. The van der Waals surface area contributed by atoms with E-state index in [0.717, 1.165) is 44.9 Å². The number of hydrogen-bond donors (Lipinski definition) is 3. The first-order chi connectivity index (χ1) is 26.2. The van der Waals surface area contributed by atoms with Crippen LogP contribution in [0, 0.1) is 0 Å². The molecule has 0 aliphatic carbocycles. The highest BCUT2D eigenvalue weighted by Crippen LogP contribution is 2.43. The maximum absolute atomic E-state index is 12.5. The molecule has 54 heavy (non-hydrogen) atoms. The molecule has 0 aromatic heterocycles. The van der Waals surface area contributed by atoms with Gasteiger partial charge in [0.1, 0.15) is 6.61 Å². The molecule has 0 aliphatic rings. The Bertz CT molecular complexity index is 1130. The maximum atomic E-state index is 12.5. The number of aliphatic hydroxyl groups excluding tert-OH is 1. The summed E-state index contributed by atoms with van der Waals surface area (Å²) in [5.74, 6) is -1.01. The number of hydrogen-bond acceptors (Lipinski definition) is 9. The average molecular weight is 780 g/mol. The van der Waals surface area contributed by atoms with Crippen LogP contribution in [0.2, 0.25) is 0 Å². The van der Waals surface area contributed by atoms with E-state index in [0.29, 0.717) is 19.3 Å². The highest BCUT2D eigenvalue weighted by atomic mass is 31.2. The van der Waals surface area contributed by atoms with E-state index < -0.39 is 38.6 Å². The lowest BCUT2D eigenvalue weighted by molar-refractivity contribution is -0.161. The number of aliphatic hydroxyl groups is 1. The van der Waals surface area contributed by atoms with Gasteiger partial charge in [-0.05, 0) is 44.9 Å². The van der Waals surface area contributed by atoms with Crippen molar-refractivity contribution in [1.82, 2.24) is 0 Å². The Kier molecular flexibility index (Phi) is 36.8. The number of phosphoric acid groups is 1. The molecule has 4 N–H and O–H groups in total. The number of phosphoric ester groups is 1. The van der Waals surface area contributed by atoms with Crippen molar-refractivity contribution < 1.29 is 42.7 Å². The highest BCUT2D eigenvalue weighted by Gasteiger charge is 2.25. The normalized spacial score (nSPS) is 14.7. The van der Waals surface area contributed by atoms with Gasteiger partial charge in [0.15, 0.2) is 6.10 Å². The largest absolute Gasteiger partial charge is 0.472 e. The van der Waals surface area contributed by atoms with E-state index >= 15 is 0 Å². The Morgan fingerprint density at radius 2 is 1.24 bits per heavy atom. The van der Waals surface area contributed by atoms with Crippen LogP contribution < -0.4 is 5.73 Å². The lowest BCUT2D eigenvalue weighted by Crippen LogP contribution is -2.29. The highest BCUT2D eigenvalue weighted by molar-refractivity contribution is 7.47. The molecule has 310 valence electrons. The first-order valence-electron chi connectivity index (χ1n) is 20.5. The molecule has 10 nitrogen and oxygen atoms in total. The van der Waals surface area contributed by atoms with Crippen molar-refractivity contribution in [3.05, 3.63) is 72.9 Å². The summed E-state index contributed by atoms with van der Waals surface area (Å²) in [6.45, 7) is 3.39. The van der Waals surface area contributed by atoms with Gasteiger partial charge in [-0.2, -0.15) is 0 Å². The van der Waals surface area contributed by atoms with Crippen LogP contribution in [-0.4, -0.2) is 60.5 Å². The second-order valence-electron chi connectivity index (χ2n) is 13.3. The van der Waals surface area contributed by atoms with E-state index in [4.69, 9.17) is 24.3 Å². The molecule has 0 bridgehead atoms. The zero-order valence-electron chi connectivity index (χ0n) is 33.5. The third-order valence-electron chi connectivity index (χ3n) is 8.20. The summed E-state index contributed by atoms with van der Waals surface area (Å²) >= 11 is 0. The van der Waals surface area contributed by atoms with Crippen molar-refractivity contribution in [1.29, 1.82) is 0 Å². The number of carbonyl (C=O) groups excluding carboxylic acids is 2. The fourth-order valence-corrected chi connectivity index (χ4v) is 5.92. The molecule has 0 fully saturated rings. The van der Waals surface area contributed by atoms with Crippen LogP contribution in [0.5, 0.6) is 0 Å². The number of ether oxygens (including phenoxy) is 2. The molecule has 3 atom stereocenters. The van der Waals surface area contributed by atoms with Crippen LogP contribution >= 0.6 is 7.82 Å². The van der Waals surface area contributed by atoms with Gasteiger partial charge in [0.05, 0.1) is 19.3 Å². The molecule has 11 heteroatoms. The quantitative estimate of drug-likeness (QED) is 0.0182. The summed E-state index contributed by atoms with van der Waals surface area (Å²) in [5, 5.41) is 10.2. The van der Waals surface area contributed by atoms with Crippen LogP contribution in [0.15, 0.2) is 72.9 Å². The molecule has 0 saturated heterocycles. The van der Waals surface area contributed by atoms with Gasteiger partial charge in [0.2, 0.25) is 0 Å². The summed E-state index contributed by atoms with van der Waals surface area (Å²) in [6.07, 6.45) is 42.5. The van der Waals surface area contributed by atoms with E-state index in [1.807, 2.05) is 18.2 Å². The molecule has 0 radical (unpaired) electrons. The second-order valence-corrected chi connectivity index (χ2v) is 14.8. The number of rotatable bonds is 37. The van der Waals surface area contributed by atoms with Crippen LogP contribution in [0.25, 0.3) is 0 Å². The number of allylic oxidation sites excluding steroid dienone is 10. The van der Waals surface area contributed by atoms with Gasteiger partial charge in [-0.3, -0.25) is 18.6 Å². The maximum Gasteiger partial charge on any atom is 0.472 e. The fourth-order valence-electron chi connectivity index (χ4n) is 5.16. The minimum Gasteiger partial charge on any atom is -0.462 e. The van der Waals surface area contributed by atoms with Gasteiger partial charge in [-0.15, -0.1) is 0 Å². The number of unbranched alkanes of at least 4 members (excludes halogenated alkanes) is 12. The zero-order chi connectivity index (χ0) is 39.8. The molecule has 0 aromatic rings. The van der Waals surface area contributed by atoms with Crippen molar-refractivity contribution in [3.8, 4) is 0 Å². The van der Waals surface area contributed by atoms with E-state index in [1.165, 1.54) is 57.8 Å². The molecule has 0 amide bonds. The fraction of sp³-hybridized carbons (Fsp3) is 0.674. The predicted molar refractivity (Wildman–Crippen MR) is 221 cm³/mol. The van der Waals surface area contributed by atoms with E-state index in [9.17, 15) is 24.2 Å². The minimum atomic E-state index is -4.42. The summed E-state index contributed by atoms with van der Waals surface area (Å²) in [4.78, 5) is 34.8. The van der Waals surface area contributed by atoms with Gasteiger partial charge < -0.3 is 25.2 Å². The Labute approximate surface area is 327 Å². The molecular formula is C43H74NO9P. The molecule has 0 aliphatic heterocycles. The number of carbonyl (C=O) groups is 2. The minimum absolute atomic E-state index is 0.0270. The van der Waals surface area contributed by atoms with Gasteiger partial charge in [0, 0.05) is 19.4 Å². The molecule has 0 heterocycles. The first kappa shape index (κ1) is 51.4. The van der Waals surface area contributed by atoms with E-state index in [-0.39, 0.29) is 32.6 Å². The molecular weight excluding hydrogens is 705 g/mol. The van der Waals surface area contributed by atoms with Crippen LogP contribution in [0.3, 0.4) is 0 Å². The van der Waals surface area contributed by atoms with Crippen molar-refractivity contribution >= 4 is 19.8 Å². The summed E-state index contributed by atoms with van der Waals surface area (Å²) < 4.78 is 32.6. The summed E-state index contributed by atoms with van der Waals surface area (Å²) in [6, 6.07) is 0. The topological polar surface area (TPSA) is 155 Å². The van der Waals surface area contributed by atoms with Crippen molar-refractivity contribution in [3.63, 3.8) is 0 Å². The Balaban J connectivity index is 4.41. The molecule has 2 unspecified atom stereocenters. The van der Waals surface area contributed by atoms with E-state index in [2.05, 4.69) is 50.3 Å². The molecule has 0 aromatic carbocycles. The number of nitrogens with two attached hydrogens (primary N) is 1. The van der Waals surface area contributed by atoms with E-state index in [1.54, 1.807) is 18.2 Å². The average Bonchev–Trinajstić information content (AvgIpc) is 3.15. The van der Waals surface area contributed by atoms with Gasteiger partial charge in [0.25, 0.3) is 0 Å². The van der Waals surface area contributed by atoms with Gasteiger partial charge in [-0.1, -0.05) is 164 Å². The van der Waals surface area contributed by atoms with Gasteiger partial charge in [-0.25, -0.2) is 4.57 Å². The van der Waals surface area contributed by atoms with Crippen molar-refractivity contribution in [2.75, 3.05) is 26.4 Å². The standard InChI is InChI=1S/C43H74NO9P/c1-3-5-7-9-11-13-15-17-19-21-23-25-28-32-40(45)33-29-27-31-34-42(46)50-38-41(39-52-54(48,49)51-37-36-44)53-43(47)35-30-26-24-22-20-18-16-14-12-10-8-6-4-2/h5,7,11,13,17,19,23,25,27-29,32,40-41,45H,3-4,6,8-10,12,14-16,18,20-22,24,26,30-31,33-39,44H2,1-2H3,(H,48,49)/b7-5-,13-11-,19-17-,25-23-,29-27-,32-28-/t40?,41-/m1/s1.